The summed E-state index contributed by atoms with van der Waals surface area (Å²) in [5.74, 6) is 0. The molecule has 0 saturated heterocycles. The van der Waals surface area contributed by atoms with Crippen LogP contribution >= 0.6 is 0 Å². The van der Waals surface area contributed by atoms with E-state index in [1.807, 2.05) is 0 Å². The van der Waals surface area contributed by atoms with Gasteiger partial charge in [-0.1, -0.05) is 88.7 Å². The Kier molecular flexibility index (Phi) is 3.13. The van der Waals surface area contributed by atoms with Crippen LogP contribution in [0.4, 0.5) is 0 Å². The van der Waals surface area contributed by atoms with E-state index >= 15 is 0 Å². The lowest BCUT2D eigenvalue weighted by molar-refractivity contribution is 0.550. The van der Waals surface area contributed by atoms with Crippen LogP contribution in [-0.4, -0.2) is 8.07 Å². The minimum absolute atomic E-state index is 0.426. The topological polar surface area (TPSA) is 0 Å². The van der Waals surface area contributed by atoms with Gasteiger partial charge in [0.05, 0.1) is 0 Å². The maximum Gasteiger partial charge on any atom is 0.122 e. The minimum atomic E-state index is -1.68. The summed E-state index contributed by atoms with van der Waals surface area (Å²) in [6.45, 7) is 9.83. The van der Waals surface area contributed by atoms with Gasteiger partial charge in [-0.3, -0.25) is 0 Å². The first kappa shape index (κ1) is 13.6. The van der Waals surface area contributed by atoms with Crippen LogP contribution in [0, 0.1) is 0 Å². The molecule has 104 valence electrons. The normalized spacial score (nSPS) is 15.8. The second-order valence-corrected chi connectivity index (χ2v) is 11.0. The van der Waals surface area contributed by atoms with Crippen molar-refractivity contribution in [1.82, 2.24) is 0 Å². The van der Waals surface area contributed by atoms with Crippen LogP contribution in [0.1, 0.15) is 33.6 Å². The third-order valence-electron chi connectivity index (χ3n) is 5.99. The molecule has 0 aliphatic carbocycles. The molecule has 0 aromatic heterocycles. The highest BCUT2D eigenvalue weighted by Gasteiger charge is 2.51. The van der Waals surface area contributed by atoms with Crippen molar-refractivity contribution >= 4 is 18.4 Å². The quantitative estimate of drug-likeness (QED) is 0.729. The number of hydrogen-bond donors (Lipinski definition) is 0. The average Bonchev–Trinajstić information content (AvgIpc) is 2.78. The molecule has 20 heavy (non-hydrogen) atoms. The van der Waals surface area contributed by atoms with Crippen molar-refractivity contribution in [2.24, 2.45) is 0 Å². The van der Waals surface area contributed by atoms with E-state index in [4.69, 9.17) is 0 Å². The van der Waals surface area contributed by atoms with Crippen molar-refractivity contribution in [2.45, 2.75) is 45.2 Å². The van der Waals surface area contributed by atoms with Crippen LogP contribution in [0.25, 0.3) is 11.1 Å². The molecule has 0 N–H and O–H groups in total. The van der Waals surface area contributed by atoms with Gasteiger partial charge in [-0.05, 0) is 26.5 Å². The molecule has 1 aliphatic rings. The Bertz CT molecular complexity index is 592. The predicted octanol–water partition coefficient (Wildman–Crippen LogP) is 4.44. The molecule has 3 rings (SSSR count). The summed E-state index contributed by atoms with van der Waals surface area (Å²) in [4.78, 5) is 0. The number of benzene rings is 2. The molecule has 1 aliphatic heterocycles. The van der Waals surface area contributed by atoms with Gasteiger partial charge in [0.1, 0.15) is 8.07 Å². The average molecular weight is 280 g/mol. The van der Waals surface area contributed by atoms with Gasteiger partial charge < -0.3 is 0 Å². The molecule has 0 atom stereocenters. The van der Waals surface area contributed by atoms with E-state index in [-0.39, 0.29) is 0 Å². The van der Waals surface area contributed by atoms with E-state index < -0.39 is 8.07 Å². The largest absolute Gasteiger partial charge is 0.122 e. The van der Waals surface area contributed by atoms with E-state index in [0.717, 1.165) is 0 Å². The molecule has 0 radical (unpaired) electrons. The first-order chi connectivity index (χ1) is 9.58. The molecule has 0 saturated carbocycles. The number of rotatable bonds is 3. The van der Waals surface area contributed by atoms with Gasteiger partial charge in [0.2, 0.25) is 0 Å². The molecule has 0 unspecified atom stereocenters. The van der Waals surface area contributed by atoms with Crippen molar-refractivity contribution in [3.63, 3.8) is 0 Å². The molecule has 0 spiro atoms. The second-order valence-electron chi connectivity index (χ2n) is 6.48. The Morgan fingerprint density at radius 2 is 1.20 bits per heavy atom. The lowest BCUT2D eigenvalue weighted by Gasteiger charge is -2.43. The van der Waals surface area contributed by atoms with Gasteiger partial charge in [-0.25, -0.2) is 0 Å². The van der Waals surface area contributed by atoms with E-state index in [2.05, 4.69) is 75.8 Å². The molecule has 0 nitrogen and oxygen atoms in total. The SMILES string of the molecule is CCC(C)(CC)[Si]1(C)c2ccccc2-c2ccccc21. The Morgan fingerprint density at radius 1 is 0.800 bits per heavy atom. The summed E-state index contributed by atoms with van der Waals surface area (Å²) in [6.07, 6.45) is 2.52. The van der Waals surface area contributed by atoms with Gasteiger partial charge in [-0.2, -0.15) is 0 Å². The summed E-state index contributed by atoms with van der Waals surface area (Å²) >= 11 is 0. The molecule has 2 aromatic rings. The van der Waals surface area contributed by atoms with Gasteiger partial charge in [0.25, 0.3) is 0 Å². The second kappa shape index (κ2) is 4.59. The van der Waals surface area contributed by atoms with Crippen molar-refractivity contribution in [3.8, 4) is 11.1 Å². The maximum absolute atomic E-state index is 2.59. The summed E-state index contributed by atoms with van der Waals surface area (Å²) in [5, 5.41) is 3.72. The van der Waals surface area contributed by atoms with E-state index in [1.54, 1.807) is 10.4 Å². The zero-order valence-corrected chi connectivity index (χ0v) is 14.0. The Morgan fingerprint density at radius 3 is 1.60 bits per heavy atom. The monoisotopic (exact) mass is 280 g/mol. The minimum Gasteiger partial charge on any atom is -0.0651 e. The van der Waals surface area contributed by atoms with Gasteiger partial charge >= 0.3 is 0 Å². The molecule has 0 fully saturated rings. The molecule has 1 heterocycles. The Balaban J connectivity index is 2.36. The van der Waals surface area contributed by atoms with Crippen molar-refractivity contribution < 1.29 is 0 Å². The molecule has 0 amide bonds. The van der Waals surface area contributed by atoms with Crippen LogP contribution in [-0.2, 0) is 0 Å². The highest BCUT2D eigenvalue weighted by Crippen LogP contribution is 2.47. The fourth-order valence-electron chi connectivity index (χ4n) is 4.06. The van der Waals surface area contributed by atoms with Crippen LogP contribution in [0.15, 0.2) is 48.5 Å². The highest BCUT2D eigenvalue weighted by molar-refractivity contribution is 7.06. The van der Waals surface area contributed by atoms with Gasteiger partial charge in [0.15, 0.2) is 0 Å². The standard InChI is InChI=1S/C19H24Si/c1-5-19(3,6-2)20(4)17-13-9-7-11-15(17)16-12-8-10-14-18(16)20/h7-14H,5-6H2,1-4H3. The predicted molar refractivity (Wildman–Crippen MR) is 91.7 cm³/mol. The summed E-state index contributed by atoms with van der Waals surface area (Å²) in [6, 6.07) is 18.2. The van der Waals surface area contributed by atoms with Crippen LogP contribution in [0.5, 0.6) is 0 Å². The third-order valence-corrected chi connectivity index (χ3v) is 12.1. The molecule has 0 bridgehead atoms. The van der Waals surface area contributed by atoms with E-state index in [1.165, 1.54) is 24.0 Å². The van der Waals surface area contributed by atoms with Crippen molar-refractivity contribution in [1.29, 1.82) is 0 Å². The highest BCUT2D eigenvalue weighted by atomic mass is 28.3. The number of hydrogen-bond acceptors (Lipinski definition) is 0. The molecule has 2 aromatic carbocycles. The van der Waals surface area contributed by atoms with Crippen LogP contribution < -0.4 is 10.4 Å². The van der Waals surface area contributed by atoms with Crippen LogP contribution in [0.2, 0.25) is 11.6 Å². The fourth-order valence-corrected chi connectivity index (χ4v) is 9.44. The summed E-state index contributed by atoms with van der Waals surface area (Å²) in [7, 11) is -1.68. The zero-order valence-electron chi connectivity index (χ0n) is 13.0. The maximum atomic E-state index is 2.59. The van der Waals surface area contributed by atoms with E-state index in [9.17, 15) is 0 Å². The van der Waals surface area contributed by atoms with Gasteiger partial charge in [0, 0.05) is 0 Å². The lowest BCUT2D eigenvalue weighted by Crippen LogP contribution is -2.60. The van der Waals surface area contributed by atoms with Crippen molar-refractivity contribution in [2.75, 3.05) is 0 Å². The molecule has 1 heteroatoms. The summed E-state index contributed by atoms with van der Waals surface area (Å²) < 4.78 is 0. The van der Waals surface area contributed by atoms with Gasteiger partial charge in [-0.15, -0.1) is 0 Å². The Hall–Kier alpha value is -1.34. The lowest BCUT2D eigenvalue weighted by atomic mass is 10.1. The smallest absolute Gasteiger partial charge is 0.0651 e. The fraction of sp³-hybridized carbons (Fsp3) is 0.368. The zero-order chi connectivity index (χ0) is 14.4. The third kappa shape index (κ3) is 1.53. The molecular formula is C19H24Si. The van der Waals surface area contributed by atoms with Crippen molar-refractivity contribution in [3.05, 3.63) is 48.5 Å². The first-order valence-corrected chi connectivity index (χ1v) is 10.3. The first-order valence-electron chi connectivity index (χ1n) is 7.78. The Labute approximate surface area is 123 Å². The molecular weight excluding hydrogens is 256 g/mol. The van der Waals surface area contributed by atoms with Crippen LogP contribution in [0.3, 0.4) is 0 Å². The van der Waals surface area contributed by atoms with E-state index in [0.29, 0.717) is 5.04 Å². The number of fused-ring (bicyclic) bond motifs is 3. The summed E-state index contributed by atoms with van der Waals surface area (Å²) in [5.41, 5.74) is 2.98.